The van der Waals surface area contributed by atoms with Gasteiger partial charge in [-0.3, -0.25) is 9.59 Å². The molecule has 0 saturated carbocycles. The van der Waals surface area contributed by atoms with E-state index in [1.165, 1.54) is 0 Å². The first-order chi connectivity index (χ1) is 16.8. The summed E-state index contributed by atoms with van der Waals surface area (Å²) in [7, 11) is 0. The maximum absolute atomic E-state index is 13.3. The fourth-order valence-electron chi connectivity index (χ4n) is 3.66. The molecule has 2 atom stereocenters. The number of benzene rings is 3. The molecule has 3 aromatic rings. The summed E-state index contributed by atoms with van der Waals surface area (Å²) in [6, 6.07) is 24.4. The zero-order valence-corrected chi connectivity index (χ0v) is 20.2. The zero-order valence-electron chi connectivity index (χ0n) is 19.4. The van der Waals surface area contributed by atoms with E-state index in [0.29, 0.717) is 23.7 Å². The number of hydrogen-bond acceptors (Lipinski definition) is 4. The quantitative estimate of drug-likeness (QED) is 0.403. The SMILES string of the molecule is CC(OC(=O)CC(NC(N)=O)c1ccc(Cl)cc1)C(=O)N(Cc1ccccc1)Cc1ccccc1. The van der Waals surface area contributed by atoms with Crippen LogP contribution >= 0.6 is 11.6 Å². The minimum absolute atomic E-state index is 0.195. The van der Waals surface area contributed by atoms with Gasteiger partial charge in [0.05, 0.1) is 12.5 Å². The summed E-state index contributed by atoms with van der Waals surface area (Å²) in [5, 5.41) is 3.06. The van der Waals surface area contributed by atoms with Gasteiger partial charge < -0.3 is 20.7 Å². The fraction of sp³-hybridized carbons (Fsp3) is 0.222. The van der Waals surface area contributed by atoms with E-state index in [9.17, 15) is 14.4 Å². The van der Waals surface area contributed by atoms with Crippen molar-refractivity contribution in [3.05, 3.63) is 107 Å². The van der Waals surface area contributed by atoms with Gasteiger partial charge in [0.15, 0.2) is 6.10 Å². The van der Waals surface area contributed by atoms with Crippen LogP contribution in [0.25, 0.3) is 0 Å². The zero-order chi connectivity index (χ0) is 25.2. The van der Waals surface area contributed by atoms with Crippen molar-refractivity contribution in [2.45, 2.75) is 38.6 Å². The van der Waals surface area contributed by atoms with Crippen LogP contribution < -0.4 is 11.1 Å². The Morgan fingerprint density at radius 2 is 1.40 bits per heavy atom. The second-order valence-electron chi connectivity index (χ2n) is 8.11. The van der Waals surface area contributed by atoms with Crippen LogP contribution in [0.3, 0.4) is 0 Å². The number of carbonyl (C=O) groups excluding carboxylic acids is 3. The van der Waals surface area contributed by atoms with Crippen molar-refractivity contribution in [2.75, 3.05) is 0 Å². The standard InChI is InChI=1S/C27H28ClN3O4/c1-19(35-25(32)16-24(30-27(29)34)22-12-14-23(28)15-13-22)26(33)31(17-20-8-4-2-5-9-20)18-21-10-6-3-7-11-21/h2-15,19,24H,16-18H2,1H3,(H3,29,30,34). The van der Waals surface area contributed by atoms with Crippen LogP contribution in [0.5, 0.6) is 0 Å². The van der Waals surface area contributed by atoms with E-state index >= 15 is 0 Å². The number of hydrogen-bond donors (Lipinski definition) is 2. The van der Waals surface area contributed by atoms with E-state index in [4.69, 9.17) is 22.1 Å². The van der Waals surface area contributed by atoms with Gasteiger partial charge in [-0.25, -0.2) is 4.79 Å². The van der Waals surface area contributed by atoms with Crippen molar-refractivity contribution in [1.29, 1.82) is 0 Å². The topological polar surface area (TPSA) is 102 Å². The Hall–Kier alpha value is -3.84. The molecule has 0 heterocycles. The summed E-state index contributed by atoms with van der Waals surface area (Å²) in [6.45, 7) is 2.28. The number of nitrogens with two attached hydrogens (primary N) is 1. The molecule has 3 aromatic carbocycles. The summed E-state index contributed by atoms with van der Waals surface area (Å²) in [5.41, 5.74) is 7.84. The van der Waals surface area contributed by atoms with Crippen molar-refractivity contribution in [1.82, 2.24) is 10.2 Å². The van der Waals surface area contributed by atoms with Crippen molar-refractivity contribution < 1.29 is 19.1 Å². The molecule has 0 radical (unpaired) electrons. The monoisotopic (exact) mass is 493 g/mol. The lowest BCUT2D eigenvalue weighted by molar-refractivity contribution is -0.160. The van der Waals surface area contributed by atoms with Crippen LogP contribution in [0.2, 0.25) is 5.02 Å². The van der Waals surface area contributed by atoms with Gasteiger partial charge >= 0.3 is 12.0 Å². The Kier molecular flexibility index (Phi) is 9.26. The van der Waals surface area contributed by atoms with E-state index in [-0.39, 0.29) is 12.3 Å². The fourth-order valence-corrected chi connectivity index (χ4v) is 3.78. The van der Waals surface area contributed by atoms with Gasteiger partial charge in [0.2, 0.25) is 0 Å². The Bertz CT molecular complexity index is 1080. The number of ether oxygens (including phenoxy) is 1. The second kappa shape index (κ2) is 12.6. The smallest absolute Gasteiger partial charge is 0.312 e. The highest BCUT2D eigenvalue weighted by atomic mass is 35.5. The highest BCUT2D eigenvalue weighted by Gasteiger charge is 2.26. The molecular weight excluding hydrogens is 466 g/mol. The number of rotatable bonds is 10. The Labute approximate surface area is 209 Å². The summed E-state index contributed by atoms with van der Waals surface area (Å²) in [6.07, 6.45) is -1.21. The number of nitrogens with zero attached hydrogens (tertiary/aromatic N) is 1. The Morgan fingerprint density at radius 3 is 1.89 bits per heavy atom. The molecule has 0 aliphatic heterocycles. The third-order valence-corrected chi connectivity index (χ3v) is 5.61. The third-order valence-electron chi connectivity index (χ3n) is 5.36. The predicted octanol–water partition coefficient (Wildman–Crippen LogP) is 4.60. The molecule has 2 unspecified atom stereocenters. The van der Waals surface area contributed by atoms with Crippen molar-refractivity contribution >= 4 is 29.5 Å². The minimum Gasteiger partial charge on any atom is -0.452 e. The van der Waals surface area contributed by atoms with Gasteiger partial charge in [-0.2, -0.15) is 0 Å². The molecule has 3 N–H and O–H groups in total. The van der Waals surface area contributed by atoms with Crippen LogP contribution in [0.4, 0.5) is 4.79 Å². The number of urea groups is 1. The molecule has 8 heteroatoms. The number of amides is 3. The summed E-state index contributed by atoms with van der Waals surface area (Å²) < 4.78 is 5.48. The van der Waals surface area contributed by atoms with Crippen LogP contribution in [-0.2, 0) is 27.4 Å². The largest absolute Gasteiger partial charge is 0.452 e. The predicted molar refractivity (Wildman–Crippen MR) is 134 cm³/mol. The molecule has 35 heavy (non-hydrogen) atoms. The summed E-state index contributed by atoms with van der Waals surface area (Å²) in [5.74, 6) is -0.962. The van der Waals surface area contributed by atoms with Gasteiger partial charge in [-0.05, 0) is 35.7 Å². The molecule has 0 aliphatic rings. The number of carbonyl (C=O) groups is 3. The third kappa shape index (κ3) is 8.15. The molecule has 0 aromatic heterocycles. The van der Waals surface area contributed by atoms with Crippen LogP contribution in [0.1, 0.15) is 36.1 Å². The summed E-state index contributed by atoms with van der Waals surface area (Å²) in [4.78, 5) is 39.1. The van der Waals surface area contributed by atoms with Gasteiger partial charge in [0.1, 0.15) is 0 Å². The molecule has 7 nitrogen and oxygen atoms in total. The molecule has 0 spiro atoms. The molecule has 0 bridgehead atoms. The van der Waals surface area contributed by atoms with Crippen molar-refractivity contribution in [2.24, 2.45) is 5.73 Å². The van der Waals surface area contributed by atoms with E-state index in [1.807, 2.05) is 60.7 Å². The van der Waals surface area contributed by atoms with Crippen LogP contribution in [-0.4, -0.2) is 28.9 Å². The molecule has 0 aliphatic carbocycles. The molecule has 182 valence electrons. The normalized spacial score (nSPS) is 12.3. The maximum atomic E-state index is 13.3. The average Bonchev–Trinajstić information content (AvgIpc) is 2.84. The van der Waals surface area contributed by atoms with Crippen molar-refractivity contribution in [3.63, 3.8) is 0 Å². The van der Waals surface area contributed by atoms with E-state index in [1.54, 1.807) is 36.1 Å². The minimum atomic E-state index is -1.02. The van der Waals surface area contributed by atoms with E-state index in [0.717, 1.165) is 11.1 Å². The van der Waals surface area contributed by atoms with Crippen LogP contribution in [0, 0.1) is 0 Å². The number of nitrogens with one attached hydrogen (secondary N) is 1. The summed E-state index contributed by atoms with van der Waals surface area (Å²) >= 11 is 5.93. The first-order valence-corrected chi connectivity index (χ1v) is 11.6. The van der Waals surface area contributed by atoms with E-state index < -0.39 is 24.1 Å². The number of primary amides is 1. The van der Waals surface area contributed by atoms with Gasteiger partial charge in [0, 0.05) is 18.1 Å². The Balaban J connectivity index is 1.69. The van der Waals surface area contributed by atoms with Crippen molar-refractivity contribution in [3.8, 4) is 0 Å². The number of esters is 1. The second-order valence-corrected chi connectivity index (χ2v) is 8.55. The molecule has 3 amide bonds. The maximum Gasteiger partial charge on any atom is 0.312 e. The highest BCUT2D eigenvalue weighted by molar-refractivity contribution is 6.30. The highest BCUT2D eigenvalue weighted by Crippen LogP contribution is 2.21. The van der Waals surface area contributed by atoms with Gasteiger partial charge in [0.25, 0.3) is 5.91 Å². The van der Waals surface area contributed by atoms with Crippen LogP contribution in [0.15, 0.2) is 84.9 Å². The lowest BCUT2D eigenvalue weighted by atomic mass is 10.0. The molecule has 3 rings (SSSR count). The lowest BCUT2D eigenvalue weighted by Gasteiger charge is -2.26. The van der Waals surface area contributed by atoms with E-state index in [2.05, 4.69) is 5.32 Å². The Morgan fingerprint density at radius 1 is 0.886 bits per heavy atom. The van der Waals surface area contributed by atoms with Gasteiger partial charge in [-0.15, -0.1) is 0 Å². The molecular formula is C27H28ClN3O4. The van der Waals surface area contributed by atoms with Gasteiger partial charge in [-0.1, -0.05) is 84.4 Å². The first kappa shape index (κ1) is 25.8. The average molecular weight is 494 g/mol. The first-order valence-electron chi connectivity index (χ1n) is 11.2. The lowest BCUT2D eigenvalue weighted by Crippen LogP contribution is -2.40. The molecule has 0 saturated heterocycles. The number of halogens is 1. The molecule has 0 fully saturated rings.